The minimum atomic E-state index is -4.35. The lowest BCUT2D eigenvalue weighted by Crippen LogP contribution is -2.12. The minimum Gasteiger partial charge on any atom is -0.494 e. The summed E-state index contributed by atoms with van der Waals surface area (Å²) in [5.41, 5.74) is 0.302. The van der Waals surface area contributed by atoms with Gasteiger partial charge in [-0.2, -0.15) is 8.42 Å². The Morgan fingerprint density at radius 2 is 2.00 bits per heavy atom. The first-order valence-corrected chi connectivity index (χ1v) is 9.09. The molecule has 1 N–H and O–H groups in total. The first-order chi connectivity index (χ1) is 10.4. The van der Waals surface area contributed by atoms with Crippen molar-refractivity contribution in [3.05, 3.63) is 23.8 Å². The van der Waals surface area contributed by atoms with Crippen LogP contribution in [0.25, 0.3) is 0 Å². The van der Waals surface area contributed by atoms with Crippen molar-refractivity contribution in [3.63, 3.8) is 0 Å². The Morgan fingerprint density at radius 3 is 2.59 bits per heavy atom. The summed E-state index contributed by atoms with van der Waals surface area (Å²) in [5.74, 6) is 0.917. The second-order valence-corrected chi connectivity index (χ2v) is 7.14. The zero-order valence-electron chi connectivity index (χ0n) is 12.7. The average Bonchev–Trinajstić information content (AvgIpc) is 2.90. The van der Waals surface area contributed by atoms with Crippen molar-refractivity contribution in [2.45, 2.75) is 50.3 Å². The molecule has 1 aliphatic rings. The maximum absolute atomic E-state index is 12.2. The van der Waals surface area contributed by atoms with Gasteiger partial charge in [0.05, 0.1) is 11.5 Å². The fraction of sp³-hybridized carbons (Fsp3) is 0.562. The fourth-order valence-corrected chi connectivity index (χ4v) is 3.73. The van der Waals surface area contributed by atoms with E-state index >= 15 is 0 Å². The summed E-state index contributed by atoms with van der Waals surface area (Å²) in [6, 6.07) is 4.30. The van der Waals surface area contributed by atoms with Crippen molar-refractivity contribution in [3.8, 4) is 5.75 Å². The molecule has 0 unspecified atom stereocenters. The van der Waals surface area contributed by atoms with Crippen LogP contribution < -0.4 is 4.74 Å². The summed E-state index contributed by atoms with van der Waals surface area (Å²) in [4.78, 5) is 12.0. The number of hydrogen-bond acceptors (Lipinski definition) is 4. The van der Waals surface area contributed by atoms with Crippen LogP contribution in [-0.2, 0) is 21.3 Å². The first-order valence-electron chi connectivity index (χ1n) is 7.65. The average molecular weight is 326 g/mol. The molecule has 1 saturated carbocycles. The van der Waals surface area contributed by atoms with Gasteiger partial charge < -0.3 is 4.74 Å². The molecule has 0 radical (unpaired) electrons. The molecule has 0 spiro atoms. The highest BCUT2D eigenvalue weighted by Gasteiger charge is 2.22. The van der Waals surface area contributed by atoms with E-state index in [1.54, 1.807) is 0 Å². The van der Waals surface area contributed by atoms with E-state index < -0.39 is 10.1 Å². The summed E-state index contributed by atoms with van der Waals surface area (Å²) in [6.07, 6.45) is 4.93. The monoisotopic (exact) mass is 326 g/mol. The maximum atomic E-state index is 12.2. The Balaban J connectivity index is 2.18. The van der Waals surface area contributed by atoms with E-state index in [1.807, 2.05) is 6.92 Å². The zero-order valence-corrected chi connectivity index (χ0v) is 13.6. The van der Waals surface area contributed by atoms with Crippen molar-refractivity contribution in [2.24, 2.45) is 5.92 Å². The molecule has 0 heterocycles. The molecular weight excluding hydrogens is 304 g/mol. The van der Waals surface area contributed by atoms with E-state index in [4.69, 9.17) is 4.74 Å². The van der Waals surface area contributed by atoms with E-state index in [0.717, 1.165) is 25.7 Å². The Labute approximate surface area is 131 Å². The number of benzene rings is 1. The lowest BCUT2D eigenvalue weighted by Gasteiger charge is -2.11. The van der Waals surface area contributed by atoms with Crippen LogP contribution in [0.1, 0.15) is 44.6 Å². The summed E-state index contributed by atoms with van der Waals surface area (Å²) in [5, 5.41) is 0. The van der Waals surface area contributed by atoms with Gasteiger partial charge in [0.1, 0.15) is 11.5 Å². The molecule has 122 valence electrons. The van der Waals surface area contributed by atoms with Gasteiger partial charge in [-0.25, -0.2) is 0 Å². The van der Waals surface area contributed by atoms with Crippen LogP contribution in [0.4, 0.5) is 0 Å². The van der Waals surface area contributed by atoms with E-state index in [1.165, 1.54) is 18.2 Å². The minimum absolute atomic E-state index is 0.00504. The van der Waals surface area contributed by atoms with Gasteiger partial charge >= 0.3 is 0 Å². The van der Waals surface area contributed by atoms with Gasteiger partial charge in [0.2, 0.25) is 0 Å². The molecular formula is C16H22O5S. The van der Waals surface area contributed by atoms with Gasteiger partial charge in [-0.05, 0) is 36.6 Å². The third-order valence-corrected chi connectivity index (χ3v) is 4.95. The largest absolute Gasteiger partial charge is 0.494 e. The van der Waals surface area contributed by atoms with Crippen LogP contribution in [0.2, 0.25) is 0 Å². The fourth-order valence-electron chi connectivity index (χ4n) is 3.02. The molecule has 1 fully saturated rings. The van der Waals surface area contributed by atoms with Crippen LogP contribution in [0.5, 0.6) is 5.75 Å². The molecule has 0 amide bonds. The topological polar surface area (TPSA) is 80.7 Å². The highest BCUT2D eigenvalue weighted by atomic mass is 32.2. The molecule has 0 saturated heterocycles. The molecule has 1 aromatic rings. The number of rotatable bonds is 7. The van der Waals surface area contributed by atoms with Crippen LogP contribution in [0.15, 0.2) is 23.1 Å². The normalized spacial score (nSPS) is 15.9. The van der Waals surface area contributed by atoms with Crippen molar-refractivity contribution < 1.29 is 22.5 Å². The van der Waals surface area contributed by atoms with Crippen LogP contribution >= 0.6 is 0 Å². The van der Waals surface area contributed by atoms with Gasteiger partial charge in [0.25, 0.3) is 10.1 Å². The smallest absolute Gasteiger partial charge is 0.294 e. The molecule has 2 rings (SSSR count). The molecule has 0 aromatic heterocycles. The van der Waals surface area contributed by atoms with Crippen LogP contribution in [0.3, 0.4) is 0 Å². The van der Waals surface area contributed by atoms with Crippen molar-refractivity contribution in [1.82, 2.24) is 0 Å². The predicted octanol–water partition coefficient (Wildman–Crippen LogP) is 3.02. The Morgan fingerprint density at radius 1 is 1.32 bits per heavy atom. The highest BCUT2D eigenvalue weighted by molar-refractivity contribution is 7.85. The van der Waals surface area contributed by atoms with Gasteiger partial charge in [-0.15, -0.1) is 0 Å². The van der Waals surface area contributed by atoms with E-state index in [-0.39, 0.29) is 17.1 Å². The highest BCUT2D eigenvalue weighted by Crippen LogP contribution is 2.29. The van der Waals surface area contributed by atoms with Gasteiger partial charge in [-0.3, -0.25) is 9.35 Å². The molecule has 0 bridgehead atoms. The molecule has 1 aromatic carbocycles. The van der Waals surface area contributed by atoms with Gasteiger partial charge in [0, 0.05) is 12.8 Å². The summed E-state index contributed by atoms with van der Waals surface area (Å²) >= 11 is 0. The predicted molar refractivity (Wildman–Crippen MR) is 82.7 cm³/mol. The number of ketones is 1. The summed E-state index contributed by atoms with van der Waals surface area (Å²) in [6.45, 7) is 2.27. The van der Waals surface area contributed by atoms with Crippen molar-refractivity contribution >= 4 is 15.9 Å². The third-order valence-electron chi connectivity index (χ3n) is 4.00. The Bertz CT molecular complexity index is 630. The van der Waals surface area contributed by atoms with Crippen molar-refractivity contribution in [1.29, 1.82) is 0 Å². The quantitative estimate of drug-likeness (QED) is 0.779. The van der Waals surface area contributed by atoms with Crippen LogP contribution in [-0.4, -0.2) is 25.4 Å². The molecule has 22 heavy (non-hydrogen) atoms. The van der Waals surface area contributed by atoms with Gasteiger partial charge in [-0.1, -0.05) is 25.7 Å². The lowest BCUT2D eigenvalue weighted by atomic mass is 9.97. The summed E-state index contributed by atoms with van der Waals surface area (Å²) < 4.78 is 37.6. The van der Waals surface area contributed by atoms with Crippen molar-refractivity contribution in [2.75, 3.05) is 6.61 Å². The number of carbonyl (C=O) groups excluding carboxylic acids is 1. The third kappa shape index (κ3) is 4.55. The second kappa shape index (κ2) is 7.24. The second-order valence-electron chi connectivity index (χ2n) is 5.75. The molecule has 0 atom stereocenters. The van der Waals surface area contributed by atoms with Gasteiger partial charge in [0.15, 0.2) is 0 Å². The zero-order chi connectivity index (χ0) is 16.2. The lowest BCUT2D eigenvalue weighted by molar-refractivity contribution is -0.119. The number of hydrogen-bond donors (Lipinski definition) is 1. The molecule has 1 aliphatic carbocycles. The number of ether oxygens (including phenoxy) is 1. The number of Topliss-reactive ketones (excluding diaryl/α,β-unsaturated/α-hetero) is 1. The number of carbonyl (C=O) groups is 1. The first kappa shape index (κ1) is 17.0. The van der Waals surface area contributed by atoms with E-state index in [0.29, 0.717) is 30.3 Å². The molecule has 0 aliphatic heterocycles. The maximum Gasteiger partial charge on any atom is 0.294 e. The molecule has 5 nitrogen and oxygen atoms in total. The van der Waals surface area contributed by atoms with Crippen LogP contribution in [0, 0.1) is 5.92 Å². The van der Waals surface area contributed by atoms with E-state index in [9.17, 15) is 17.8 Å². The summed E-state index contributed by atoms with van der Waals surface area (Å²) in [7, 11) is -4.35. The van der Waals surface area contributed by atoms with E-state index in [2.05, 4.69) is 0 Å². The standard InChI is InChI=1S/C16H22O5S/c1-2-21-15-7-8-16(22(18,19)20)13(11-15)10-14(17)9-12-5-3-4-6-12/h7-8,11-12H,2-6,9-10H2,1H3,(H,18,19,20). The Hall–Kier alpha value is -1.40. The SMILES string of the molecule is CCOc1ccc(S(=O)(=O)O)c(CC(=O)CC2CCCC2)c1. The molecule has 6 heteroatoms. The Kier molecular flexibility index (Phi) is 5.58.